The van der Waals surface area contributed by atoms with Crippen molar-refractivity contribution in [1.29, 1.82) is 0 Å². The van der Waals surface area contributed by atoms with E-state index in [1.807, 2.05) is 249 Å². The summed E-state index contributed by atoms with van der Waals surface area (Å²) in [6.45, 7) is 84.8. The molecular weight excluding hydrogens is 1850 g/mol. The highest BCUT2D eigenvalue weighted by Gasteiger charge is 2.30. The number of aliphatic hydroxyl groups is 12. The van der Waals surface area contributed by atoms with Gasteiger partial charge in [0.2, 0.25) is 0 Å². The summed E-state index contributed by atoms with van der Waals surface area (Å²) in [4.78, 5) is 89.5. The molecule has 0 rings (SSSR count). The number of esters is 8. The lowest BCUT2D eigenvalue weighted by molar-refractivity contribution is -0.159. The molecule has 32 heteroatoms. The summed E-state index contributed by atoms with van der Waals surface area (Å²) in [5.41, 5.74) is -1.76. The molecule has 0 aliphatic carbocycles. The van der Waals surface area contributed by atoms with Gasteiger partial charge in [0.25, 0.3) is 0 Å². The molecule has 12 N–H and O–H groups in total. The lowest BCUT2D eigenvalue weighted by Crippen LogP contribution is -2.28. The standard InChI is InChI=1S/4C10H20O3.4C9H18O3.2C9H20O2.2C8H18O2.CH4/c1-5-10(3,4)9(12)13-7-8(2)6-11;1-5-10(3,4)13-9(12)6-8(2)7-11;1-5-8(11)7-13-9(12)10(3,4)6-2;1-5-8(11)7-9(12)13-10(3,4)6-2;1-4-8(3)9(11)12-6-7(2)5-10;1-4-8(3)12-9(11)5-7(2)6-10;1-4-7(3)9(11)12-6-8(10)5-2;1-4-7(3)12-9(11)6-8(10)5-2;1-5-9(3,4)11-7-8(2)6-10;1-5-8(10)7-11-9(3,4)6-2;1-4-8(3)10-6-7(2)5-9;1-4-7(3)10-6-8(9)5-2;/h4*8,11H,5-7H2,1-4H3;4*7-8,10H,4-6H2,1-3H3;2*8,10H,5-7H2,1-4H3;2*7-9H,4-6H2,1-3H3;1H4. The van der Waals surface area contributed by atoms with Gasteiger partial charge in [0.05, 0.1) is 160 Å². The average molecular weight is 2080 g/mol. The smallest absolute Gasteiger partial charge is 0.311 e. The summed E-state index contributed by atoms with van der Waals surface area (Å²) in [5, 5.41) is 107. The first kappa shape index (κ1) is 166. The van der Waals surface area contributed by atoms with Crippen LogP contribution >= 0.6 is 0 Å². The SMILES string of the molecule is C.CCC(C)(C)C(=O)OCC(C)CO.CCC(C)(C)OC(=O)CC(C)CO.CCC(C)(C)OCC(C)CO.CCC(C)C(=O)OCC(C)CO.CCC(C)OC(=O)CC(C)CO.CCC(C)OCC(C)CO.CCC(O)CC(=O)OC(C)(C)CC.CCC(O)CC(=O)OC(C)CC.CCC(O)COC(=O)C(C)(C)CC.CCC(O)COC(=O)C(C)CC.CCC(O)COC(C)(C)CC.CCC(O)COC(C)CC. The zero-order valence-electron chi connectivity index (χ0n) is 98.4. The average Bonchev–Trinajstić information content (AvgIpc) is 0.891. The predicted octanol–water partition coefficient (Wildman–Crippen LogP) is 19.8. The maximum Gasteiger partial charge on any atom is 0.311 e. The number of hydrogen-bond acceptors (Lipinski definition) is 32. The first-order chi connectivity index (χ1) is 65.5. The van der Waals surface area contributed by atoms with Crippen molar-refractivity contribution in [2.45, 2.75) is 523 Å². The van der Waals surface area contributed by atoms with Gasteiger partial charge < -0.3 is 118 Å². The van der Waals surface area contributed by atoms with Crippen molar-refractivity contribution >= 4 is 47.8 Å². The van der Waals surface area contributed by atoms with E-state index in [-0.39, 0.29) is 216 Å². The van der Waals surface area contributed by atoms with Crippen LogP contribution in [0.2, 0.25) is 0 Å². The van der Waals surface area contributed by atoms with E-state index in [1.165, 1.54) is 0 Å². The van der Waals surface area contributed by atoms with Crippen molar-refractivity contribution in [3.8, 4) is 0 Å². The topological polar surface area (TPSA) is 490 Å². The van der Waals surface area contributed by atoms with Gasteiger partial charge in [0.15, 0.2) is 0 Å². The molecule has 0 aromatic rings. The molecule has 32 nitrogen and oxygen atoms in total. The monoisotopic (exact) mass is 2080 g/mol. The van der Waals surface area contributed by atoms with E-state index < -0.39 is 40.8 Å². The van der Waals surface area contributed by atoms with Gasteiger partial charge in [-0.15, -0.1) is 0 Å². The molecule has 0 aliphatic rings. The maximum absolute atomic E-state index is 11.4. The Labute approximate surface area is 873 Å². The number of ether oxygens (including phenoxy) is 12. The second-order valence-corrected chi connectivity index (χ2v) is 41.0. The lowest BCUT2D eigenvalue weighted by Gasteiger charge is -2.25. The molecule has 18 atom stereocenters. The lowest BCUT2D eigenvalue weighted by atomic mass is 9.91. The summed E-state index contributed by atoms with van der Waals surface area (Å²) in [5.74, 6) is -1.39. The highest BCUT2D eigenvalue weighted by atomic mass is 16.6. The molecular formula is C111H232O32. The fraction of sp³-hybridized carbons (Fsp3) is 0.928. The zero-order chi connectivity index (χ0) is 114. The number of aliphatic hydroxyl groups excluding tert-OH is 12. The highest BCUT2D eigenvalue weighted by molar-refractivity contribution is 5.76. The van der Waals surface area contributed by atoms with Crippen LogP contribution in [0.4, 0.5) is 0 Å². The second-order valence-electron chi connectivity index (χ2n) is 41.0. The molecule has 143 heavy (non-hydrogen) atoms. The molecule has 0 aliphatic heterocycles. The van der Waals surface area contributed by atoms with Crippen LogP contribution in [0.5, 0.6) is 0 Å². The summed E-state index contributed by atoms with van der Waals surface area (Å²) in [7, 11) is 0. The molecule has 0 saturated carbocycles. The Kier molecular flexibility index (Phi) is 119. The van der Waals surface area contributed by atoms with E-state index in [0.717, 1.165) is 89.9 Å². The van der Waals surface area contributed by atoms with Crippen molar-refractivity contribution in [3.63, 3.8) is 0 Å². The maximum atomic E-state index is 11.4. The van der Waals surface area contributed by atoms with Gasteiger partial charge in [-0.3, -0.25) is 38.4 Å². The highest BCUT2D eigenvalue weighted by Crippen LogP contribution is 2.25. The molecule has 0 radical (unpaired) electrons. The number of rotatable bonds is 60. The minimum Gasteiger partial charge on any atom is -0.465 e. The molecule has 0 amide bonds. The van der Waals surface area contributed by atoms with E-state index in [9.17, 15) is 48.6 Å². The van der Waals surface area contributed by atoms with Crippen LogP contribution in [-0.4, -0.2) is 285 Å². The first-order valence-corrected chi connectivity index (χ1v) is 53.3. The van der Waals surface area contributed by atoms with Gasteiger partial charge in [0.1, 0.15) is 24.4 Å². The van der Waals surface area contributed by atoms with Crippen LogP contribution in [0.25, 0.3) is 0 Å². The Balaban J connectivity index is -0.000000117. The van der Waals surface area contributed by atoms with Crippen LogP contribution in [0.15, 0.2) is 0 Å². The van der Waals surface area contributed by atoms with Crippen LogP contribution < -0.4 is 0 Å². The second kappa shape index (κ2) is 103. The Hall–Kier alpha value is -4.88. The summed E-state index contributed by atoms with van der Waals surface area (Å²) in [6.07, 6.45) is 12.9. The van der Waals surface area contributed by atoms with Crippen LogP contribution in [0.3, 0.4) is 0 Å². The van der Waals surface area contributed by atoms with E-state index in [1.54, 1.807) is 0 Å². The molecule has 18 unspecified atom stereocenters. The molecule has 868 valence electrons. The van der Waals surface area contributed by atoms with Crippen molar-refractivity contribution in [2.24, 2.45) is 58.2 Å². The quantitative estimate of drug-likeness (QED) is 0.0199. The molecule has 0 aromatic heterocycles. The largest absolute Gasteiger partial charge is 0.465 e. The predicted molar refractivity (Wildman–Crippen MR) is 576 cm³/mol. The Morgan fingerprint density at radius 3 is 0.769 bits per heavy atom. The van der Waals surface area contributed by atoms with Crippen LogP contribution in [0, 0.1) is 58.2 Å². The number of carbonyl (C=O) groups is 8. The van der Waals surface area contributed by atoms with E-state index in [2.05, 4.69) is 41.5 Å². The minimum atomic E-state index is -0.569. The molecule has 0 bridgehead atoms. The van der Waals surface area contributed by atoms with E-state index in [4.69, 9.17) is 108 Å². The van der Waals surface area contributed by atoms with Gasteiger partial charge in [-0.05, 0) is 238 Å². The van der Waals surface area contributed by atoms with Crippen molar-refractivity contribution < 1.29 is 156 Å². The van der Waals surface area contributed by atoms with Crippen LogP contribution in [-0.2, 0) is 95.2 Å². The Bertz CT molecular complexity index is 2620. The first-order valence-electron chi connectivity index (χ1n) is 53.3. The van der Waals surface area contributed by atoms with Crippen molar-refractivity contribution in [2.75, 3.05) is 92.5 Å². The van der Waals surface area contributed by atoms with E-state index >= 15 is 0 Å². The molecule has 0 spiro atoms. The van der Waals surface area contributed by atoms with Gasteiger partial charge in [0, 0.05) is 63.3 Å². The Morgan fingerprint density at radius 2 is 0.476 bits per heavy atom. The van der Waals surface area contributed by atoms with E-state index in [0.29, 0.717) is 84.3 Å². The summed E-state index contributed by atoms with van der Waals surface area (Å²) >= 11 is 0. The third kappa shape index (κ3) is 119. The van der Waals surface area contributed by atoms with Gasteiger partial charge in [-0.1, -0.05) is 187 Å². The number of hydrogen-bond donors (Lipinski definition) is 12. The summed E-state index contributed by atoms with van der Waals surface area (Å²) < 4.78 is 61.9. The van der Waals surface area contributed by atoms with Gasteiger partial charge >= 0.3 is 47.8 Å². The van der Waals surface area contributed by atoms with Gasteiger partial charge in [-0.2, -0.15) is 0 Å². The molecule has 0 aromatic carbocycles. The zero-order valence-corrected chi connectivity index (χ0v) is 98.4. The van der Waals surface area contributed by atoms with Crippen LogP contribution in [0.1, 0.15) is 439 Å². The third-order valence-electron chi connectivity index (χ3n) is 23.1. The third-order valence-corrected chi connectivity index (χ3v) is 23.1. The number of carbonyl (C=O) groups excluding carboxylic acids is 8. The molecule has 0 heterocycles. The van der Waals surface area contributed by atoms with Gasteiger partial charge in [-0.25, -0.2) is 0 Å². The minimum absolute atomic E-state index is 0. The van der Waals surface area contributed by atoms with Crippen molar-refractivity contribution in [3.05, 3.63) is 0 Å². The fourth-order valence-electron chi connectivity index (χ4n) is 7.43. The normalized spacial score (nSPS) is 14.9. The van der Waals surface area contributed by atoms with Crippen molar-refractivity contribution in [1.82, 2.24) is 0 Å². The molecule has 0 fully saturated rings. The fourth-order valence-corrected chi connectivity index (χ4v) is 7.43. The molecule has 0 saturated heterocycles. The Morgan fingerprint density at radius 1 is 0.238 bits per heavy atom. The summed E-state index contributed by atoms with van der Waals surface area (Å²) in [6, 6.07) is 0.